The minimum absolute atomic E-state index is 0.135. The molecule has 2 aliphatic rings. The first kappa shape index (κ1) is 44.0. The van der Waals surface area contributed by atoms with Crippen LogP contribution in [0.1, 0.15) is 40.0 Å². The summed E-state index contributed by atoms with van der Waals surface area (Å²) in [5.41, 5.74) is 6.75. The first-order valence-electron chi connectivity index (χ1n) is 19.8. The maximum Gasteiger partial charge on any atom is 0.350 e. The van der Waals surface area contributed by atoms with Crippen LogP contribution in [0, 0.1) is 0 Å². The molecule has 0 saturated heterocycles. The lowest BCUT2D eigenvalue weighted by Gasteiger charge is -2.37. The third kappa shape index (κ3) is 8.42. The van der Waals surface area contributed by atoms with Crippen molar-refractivity contribution in [3.05, 3.63) is 161 Å². The highest BCUT2D eigenvalue weighted by Gasteiger charge is 2.45. The first-order chi connectivity index (χ1) is 30.5. The van der Waals surface area contributed by atoms with E-state index in [9.17, 15) is 21.6 Å². The van der Waals surface area contributed by atoms with E-state index in [1.54, 1.807) is 48.4 Å². The maximum atomic E-state index is 14.3. The molecule has 8 rings (SSSR count). The molecule has 2 N–H and O–H groups in total. The first-order valence-corrected chi connectivity index (χ1v) is 23.9. The van der Waals surface area contributed by atoms with Gasteiger partial charge in [0, 0.05) is 65.8 Å². The fourth-order valence-electron chi connectivity index (χ4n) is 7.86. The van der Waals surface area contributed by atoms with Gasteiger partial charge in [-0.05, 0) is 77.9 Å². The summed E-state index contributed by atoms with van der Waals surface area (Å²) in [5.74, 6) is -0.463. The fraction of sp³-hybridized carbons (Fsp3) is 0.191. The zero-order valence-electron chi connectivity index (χ0n) is 35.6. The van der Waals surface area contributed by atoms with Gasteiger partial charge in [-0.15, -0.1) is 3.71 Å². The van der Waals surface area contributed by atoms with E-state index in [2.05, 4.69) is 10.6 Å². The number of amides is 2. The van der Waals surface area contributed by atoms with Gasteiger partial charge in [-0.25, -0.2) is 21.6 Å². The lowest BCUT2D eigenvalue weighted by Crippen LogP contribution is -2.57. The average Bonchev–Trinajstić information content (AvgIpc) is 3.27. The van der Waals surface area contributed by atoms with Crippen molar-refractivity contribution >= 4 is 49.1 Å². The SMILES string of the molecule is COc1cccc(C2Oc3ccccc3-c3ccc(C(NC(=O)N(S(C)(=O)=O)S(C)(=O)=O)(OC)Oc4ccccc4C4Oc5ccccc5-c5ccc(NC(=S)N(C)C)cc54)cc32)c1. The van der Waals surface area contributed by atoms with Gasteiger partial charge in [0.15, 0.2) is 11.2 Å². The van der Waals surface area contributed by atoms with Crippen LogP contribution in [0.4, 0.5) is 10.5 Å². The Labute approximate surface area is 377 Å². The molecule has 64 heavy (non-hydrogen) atoms. The van der Waals surface area contributed by atoms with Crippen LogP contribution >= 0.6 is 12.2 Å². The molecule has 6 aromatic rings. The second-order valence-corrected chi connectivity index (χ2v) is 19.6. The van der Waals surface area contributed by atoms with Crippen molar-refractivity contribution in [1.82, 2.24) is 13.9 Å². The molecule has 0 radical (unpaired) electrons. The van der Waals surface area contributed by atoms with Crippen LogP contribution in [0.2, 0.25) is 0 Å². The molecule has 0 bridgehead atoms. The number of benzene rings is 6. The molecule has 0 aliphatic carbocycles. The van der Waals surface area contributed by atoms with Crippen molar-refractivity contribution in [2.45, 2.75) is 18.1 Å². The smallest absolute Gasteiger partial charge is 0.350 e. The number of hydrogen-bond donors (Lipinski definition) is 2. The number of urea groups is 1. The zero-order chi connectivity index (χ0) is 45.6. The molecule has 6 aromatic carbocycles. The Morgan fingerprint density at radius 2 is 1.27 bits per heavy atom. The van der Waals surface area contributed by atoms with Crippen LogP contribution in [0.25, 0.3) is 22.3 Å². The van der Waals surface area contributed by atoms with Gasteiger partial charge >= 0.3 is 11.9 Å². The van der Waals surface area contributed by atoms with Crippen LogP contribution in [0.3, 0.4) is 0 Å². The molecule has 0 saturated carbocycles. The quantitative estimate of drug-likeness (QED) is 0.0951. The van der Waals surface area contributed by atoms with Crippen molar-refractivity contribution in [2.24, 2.45) is 0 Å². The molecule has 0 aromatic heterocycles. The van der Waals surface area contributed by atoms with E-state index in [1.165, 1.54) is 7.11 Å². The van der Waals surface area contributed by atoms with E-state index in [0.29, 0.717) is 51.7 Å². The van der Waals surface area contributed by atoms with Gasteiger partial charge in [-0.1, -0.05) is 78.9 Å². The lowest BCUT2D eigenvalue weighted by molar-refractivity contribution is -0.188. The summed E-state index contributed by atoms with van der Waals surface area (Å²) in [6.07, 6.45) is -0.337. The normalized spacial score (nSPS) is 15.8. The number of nitrogens with zero attached hydrogens (tertiary/aromatic N) is 2. The van der Waals surface area contributed by atoms with Crippen molar-refractivity contribution in [3.8, 4) is 45.3 Å². The fourth-order valence-corrected chi connectivity index (χ4v) is 10.6. The Hall–Kier alpha value is -6.66. The standard InChI is InChI=1S/C47H44N4O10S3/c1-50(2)46(62)48-31-23-25-34-36-17-8-11-20-41(36)60-44(39(34)28-31)37-18-9-12-21-42(37)61-47(58-4,49-45(52)51(63(5,53)54)64(6,55)56)30-22-24-33-35-16-7-10-19-40(35)59-43(38(33)27-30)29-14-13-15-32(26-29)57-3/h7-28,43-44H,1-6H3,(H,48,62)(H,49,52). The number of anilines is 1. The number of fused-ring (bicyclic) bond motifs is 6. The van der Waals surface area contributed by atoms with Crippen molar-refractivity contribution in [3.63, 3.8) is 0 Å². The molecular weight excluding hydrogens is 877 g/mol. The third-order valence-electron chi connectivity index (χ3n) is 10.7. The van der Waals surface area contributed by atoms with Crippen molar-refractivity contribution in [1.29, 1.82) is 0 Å². The molecule has 2 amide bonds. The molecular formula is C47H44N4O10S3. The van der Waals surface area contributed by atoms with E-state index in [0.717, 1.165) is 33.4 Å². The van der Waals surface area contributed by atoms with Crippen molar-refractivity contribution < 1.29 is 45.3 Å². The Balaban J connectivity index is 1.31. The number of sulfonamides is 2. The second kappa shape index (κ2) is 17.1. The minimum Gasteiger partial charge on any atom is -0.497 e. The van der Waals surface area contributed by atoms with E-state index in [-0.39, 0.29) is 15.0 Å². The number of methoxy groups -OCH3 is 2. The Morgan fingerprint density at radius 3 is 1.89 bits per heavy atom. The number of para-hydroxylation sites is 3. The maximum absolute atomic E-state index is 14.3. The number of carbonyl (C=O) groups is 1. The number of nitrogens with one attached hydrogen (secondary N) is 2. The van der Waals surface area contributed by atoms with Crippen LogP contribution in [0.5, 0.6) is 23.0 Å². The summed E-state index contributed by atoms with van der Waals surface area (Å²) in [6.45, 7) is 0. The van der Waals surface area contributed by atoms with Gasteiger partial charge in [0.25, 0.3) is 0 Å². The van der Waals surface area contributed by atoms with E-state index < -0.39 is 44.2 Å². The highest BCUT2D eigenvalue weighted by atomic mass is 32.3. The summed E-state index contributed by atoms with van der Waals surface area (Å²) in [4.78, 5) is 16.0. The highest BCUT2D eigenvalue weighted by Crippen LogP contribution is 2.49. The molecule has 14 nitrogen and oxygen atoms in total. The van der Waals surface area contributed by atoms with E-state index in [4.69, 9.17) is 35.9 Å². The summed E-state index contributed by atoms with van der Waals surface area (Å²) >= 11 is 5.57. The molecule has 0 fully saturated rings. The van der Waals surface area contributed by atoms with Gasteiger partial charge in [-0.2, -0.15) is 0 Å². The van der Waals surface area contributed by atoms with Crippen LogP contribution < -0.4 is 29.6 Å². The Kier molecular flexibility index (Phi) is 11.8. The molecule has 2 aliphatic heterocycles. The Morgan fingerprint density at radius 1 is 0.672 bits per heavy atom. The Bertz CT molecular complexity index is 3000. The van der Waals surface area contributed by atoms with Gasteiger partial charge in [0.1, 0.15) is 29.1 Å². The second-order valence-electron chi connectivity index (χ2n) is 15.3. The van der Waals surface area contributed by atoms with Crippen molar-refractivity contribution in [2.75, 3.05) is 46.1 Å². The van der Waals surface area contributed by atoms with Crippen LogP contribution in [0.15, 0.2) is 133 Å². The number of hydrogen-bond acceptors (Lipinski definition) is 11. The molecule has 3 unspecified atom stereocenters. The van der Waals surface area contributed by atoms with E-state index in [1.807, 2.05) is 111 Å². The summed E-state index contributed by atoms with van der Waals surface area (Å²) in [5, 5.41) is 6.27. The molecule has 330 valence electrons. The predicted octanol–water partition coefficient (Wildman–Crippen LogP) is 8.02. The topological polar surface area (TPSA) is 162 Å². The summed E-state index contributed by atoms with van der Waals surface area (Å²) in [6, 6.07) is 38.9. The lowest BCUT2D eigenvalue weighted by atomic mass is 9.87. The molecule has 17 heteroatoms. The van der Waals surface area contributed by atoms with Gasteiger partial charge in [-0.3, -0.25) is 5.32 Å². The van der Waals surface area contributed by atoms with Gasteiger partial charge < -0.3 is 33.9 Å². The summed E-state index contributed by atoms with van der Waals surface area (Å²) < 4.78 is 83.8. The molecule has 0 spiro atoms. The predicted molar refractivity (Wildman–Crippen MR) is 247 cm³/mol. The number of thiocarbonyl (C=S) groups is 1. The number of carbonyl (C=O) groups excluding carboxylic acids is 1. The largest absolute Gasteiger partial charge is 0.497 e. The van der Waals surface area contributed by atoms with Gasteiger partial charge in [0.05, 0.1) is 19.6 Å². The highest BCUT2D eigenvalue weighted by molar-refractivity contribution is 8.04. The zero-order valence-corrected chi connectivity index (χ0v) is 38.0. The number of ether oxygens (including phenoxy) is 5. The number of rotatable bonds is 11. The van der Waals surface area contributed by atoms with Crippen LogP contribution in [-0.2, 0) is 30.7 Å². The monoisotopic (exact) mass is 920 g/mol. The average molecular weight is 921 g/mol. The molecule has 2 heterocycles. The van der Waals surface area contributed by atoms with E-state index >= 15 is 0 Å². The van der Waals surface area contributed by atoms with Gasteiger partial charge in [0.2, 0.25) is 20.0 Å². The summed E-state index contributed by atoms with van der Waals surface area (Å²) in [7, 11) is -2.94. The third-order valence-corrected chi connectivity index (χ3v) is 14.4. The minimum atomic E-state index is -4.71. The molecule has 3 atom stereocenters. The van der Waals surface area contributed by atoms with Crippen LogP contribution in [-0.4, -0.2) is 77.4 Å².